The van der Waals surface area contributed by atoms with Crippen LogP contribution < -0.4 is 19.8 Å². The molecule has 2 N–H and O–H groups in total. The van der Waals surface area contributed by atoms with Crippen LogP contribution in [0.2, 0.25) is 0 Å². The molecule has 1 saturated heterocycles. The lowest BCUT2D eigenvalue weighted by molar-refractivity contribution is -0.137. The Morgan fingerprint density at radius 2 is 1.71 bits per heavy atom. The fourth-order valence-corrected chi connectivity index (χ4v) is 11.2. The number of anilines is 2. The van der Waals surface area contributed by atoms with Gasteiger partial charge in [0.15, 0.2) is 6.61 Å². The summed E-state index contributed by atoms with van der Waals surface area (Å²) < 4.78 is 47.8. The Labute approximate surface area is 280 Å². The Morgan fingerprint density at radius 1 is 0.979 bits per heavy atom. The van der Waals surface area contributed by atoms with E-state index in [2.05, 4.69) is 10.3 Å². The quantitative estimate of drug-likeness (QED) is 0.225. The second kappa shape index (κ2) is 11.4. The van der Waals surface area contributed by atoms with E-state index >= 15 is 0 Å². The van der Waals surface area contributed by atoms with E-state index < -0.39 is 41.1 Å². The summed E-state index contributed by atoms with van der Waals surface area (Å²) in [5, 5.41) is 3.38. The number of nitrogens with one attached hydrogen (secondary N) is 2. The van der Waals surface area contributed by atoms with Crippen molar-refractivity contribution in [2.24, 2.45) is 29.6 Å². The molecule has 2 aliphatic carbocycles. The van der Waals surface area contributed by atoms with E-state index in [1.807, 2.05) is 49.4 Å². The van der Waals surface area contributed by atoms with Gasteiger partial charge in [-0.2, -0.15) is 13.2 Å². The molecule has 7 atom stereocenters. The van der Waals surface area contributed by atoms with Gasteiger partial charge in [-0.05, 0) is 73.1 Å². The number of fused-ring (bicyclic) bond motifs is 9. The van der Waals surface area contributed by atoms with E-state index in [9.17, 15) is 32.3 Å². The minimum absolute atomic E-state index is 0.140. The van der Waals surface area contributed by atoms with Gasteiger partial charge in [-0.1, -0.05) is 53.3 Å². The van der Waals surface area contributed by atoms with Gasteiger partial charge in [-0.25, -0.2) is 4.90 Å². The smallest absolute Gasteiger partial charge is 0.418 e. The number of rotatable bonds is 6. The minimum Gasteiger partial charge on any atom is -0.484 e. The normalized spacial score (nSPS) is 27.1. The number of alkyl halides is 3. The molecule has 6 unspecified atom stereocenters. The molecule has 0 radical (unpaired) electrons. The monoisotopic (exact) mass is 691 g/mol. The van der Waals surface area contributed by atoms with E-state index in [0.29, 0.717) is 22.9 Å². The third kappa shape index (κ3) is 4.97. The van der Waals surface area contributed by atoms with Crippen LogP contribution in [0.1, 0.15) is 33.9 Å². The van der Waals surface area contributed by atoms with Gasteiger partial charge in [-0.3, -0.25) is 19.2 Å². The zero-order valence-electron chi connectivity index (χ0n) is 25.3. The number of hydrogen-bond acceptors (Lipinski definition) is 7. The first-order valence-electron chi connectivity index (χ1n) is 15.5. The first-order chi connectivity index (χ1) is 23.0. The van der Waals surface area contributed by atoms with Crippen molar-refractivity contribution >= 4 is 52.2 Å². The number of thioether (sulfide) groups is 1. The van der Waals surface area contributed by atoms with E-state index in [1.165, 1.54) is 30.0 Å². The predicted molar refractivity (Wildman–Crippen MR) is 174 cm³/mol. The van der Waals surface area contributed by atoms with Crippen LogP contribution in [0.25, 0.3) is 0 Å². The summed E-state index contributed by atoms with van der Waals surface area (Å²) >= 11 is 2.60. The summed E-state index contributed by atoms with van der Waals surface area (Å²) in [5.41, 5.74) is 1.10. The zero-order valence-corrected chi connectivity index (χ0v) is 27.0. The third-order valence-corrected chi connectivity index (χ3v) is 12.7. The van der Waals surface area contributed by atoms with Gasteiger partial charge in [-0.15, -0.1) is 11.8 Å². The van der Waals surface area contributed by atoms with Crippen LogP contribution in [-0.4, -0.2) is 34.6 Å². The summed E-state index contributed by atoms with van der Waals surface area (Å²) in [4.78, 5) is 57.4. The molecule has 4 aromatic rings. The summed E-state index contributed by atoms with van der Waals surface area (Å²) in [5.74, 6) is -3.56. The van der Waals surface area contributed by atoms with Crippen molar-refractivity contribution in [1.82, 2.24) is 4.98 Å². The highest BCUT2D eigenvalue weighted by Gasteiger charge is 2.70. The number of para-hydroxylation sites is 1. The van der Waals surface area contributed by atoms with Crippen molar-refractivity contribution in [3.8, 4) is 5.75 Å². The number of H-pyrrole nitrogens is 1. The molecule has 13 heteroatoms. The lowest BCUT2D eigenvalue weighted by Crippen LogP contribution is -2.42. The average Bonchev–Trinajstić information content (AvgIpc) is 3.79. The molecule has 8 nitrogen and oxygen atoms in total. The Balaban J connectivity index is 1.10. The number of benzene rings is 3. The molecule has 2 bridgehead atoms. The van der Waals surface area contributed by atoms with Gasteiger partial charge in [0, 0.05) is 21.7 Å². The third-order valence-electron chi connectivity index (χ3n) is 10.1. The lowest BCUT2D eigenvalue weighted by atomic mass is 9.68. The van der Waals surface area contributed by atoms with Crippen molar-refractivity contribution in [3.63, 3.8) is 0 Å². The van der Waals surface area contributed by atoms with Gasteiger partial charge in [0.1, 0.15) is 5.75 Å². The number of aromatic nitrogens is 1. The van der Waals surface area contributed by atoms with E-state index in [0.717, 1.165) is 38.3 Å². The largest absolute Gasteiger partial charge is 0.484 e. The maximum absolute atomic E-state index is 14.0. The molecule has 0 spiro atoms. The van der Waals surface area contributed by atoms with Crippen LogP contribution in [-0.2, 0) is 20.6 Å². The molecule has 3 fully saturated rings. The number of amides is 3. The first-order valence-corrected chi connectivity index (χ1v) is 17.2. The average molecular weight is 692 g/mol. The van der Waals surface area contributed by atoms with Gasteiger partial charge >= 0.3 is 11.0 Å². The van der Waals surface area contributed by atoms with Crippen LogP contribution in [0.4, 0.5) is 24.5 Å². The Bertz CT molecular complexity index is 2030. The molecule has 3 aromatic carbocycles. The highest BCUT2D eigenvalue weighted by Crippen LogP contribution is 2.69. The number of thiazole rings is 1. The molecule has 3 amide bonds. The van der Waals surface area contributed by atoms with Crippen LogP contribution in [0.3, 0.4) is 0 Å². The highest BCUT2D eigenvalue weighted by molar-refractivity contribution is 8.00. The maximum Gasteiger partial charge on any atom is 0.418 e. The van der Waals surface area contributed by atoms with Crippen LogP contribution in [0, 0.1) is 36.5 Å². The van der Waals surface area contributed by atoms with Crippen molar-refractivity contribution < 1.29 is 32.3 Å². The Hall–Kier alpha value is -4.36. The fraction of sp³-hybridized carbons (Fsp3) is 0.314. The predicted octanol–water partition coefficient (Wildman–Crippen LogP) is 6.46. The highest BCUT2D eigenvalue weighted by atomic mass is 32.2. The molecule has 2 saturated carbocycles. The number of aromatic amines is 1. The van der Waals surface area contributed by atoms with Crippen molar-refractivity contribution in [1.29, 1.82) is 0 Å². The maximum atomic E-state index is 14.0. The molecule has 48 heavy (non-hydrogen) atoms. The molecule has 2 aliphatic heterocycles. The van der Waals surface area contributed by atoms with Crippen molar-refractivity contribution in [2.75, 3.05) is 16.8 Å². The number of imide groups is 1. The summed E-state index contributed by atoms with van der Waals surface area (Å²) in [6, 6.07) is 19.4. The second-order valence-corrected chi connectivity index (χ2v) is 15.0. The van der Waals surface area contributed by atoms with Gasteiger partial charge in [0.05, 0.1) is 28.1 Å². The fourth-order valence-electron chi connectivity index (χ4n) is 8.32. The van der Waals surface area contributed by atoms with Crippen molar-refractivity contribution in [3.05, 3.63) is 104 Å². The second-order valence-electron chi connectivity index (χ2n) is 12.8. The van der Waals surface area contributed by atoms with Crippen LogP contribution >= 0.6 is 23.1 Å². The number of aryl methyl sites for hydroxylation is 1. The summed E-state index contributed by atoms with van der Waals surface area (Å²) in [6.07, 6.45) is -4.15. The SMILES string of the molecule is Cc1ccc(NC(=O)COc2cccc([C@H]3c4sc(=O)[nH]c4SC4C5CC(C6C(=O)N(c7ccccc7C(F)(F)F)C(=O)C56)C43)c2)cc1. The number of hydrogen-bond donors (Lipinski definition) is 2. The van der Waals surface area contributed by atoms with E-state index in [1.54, 1.807) is 6.07 Å². The van der Waals surface area contributed by atoms with Crippen LogP contribution in [0.5, 0.6) is 5.75 Å². The number of ether oxygens (including phenoxy) is 1. The standard InChI is InChI=1S/C35H28F3N3O5S2/c1-16-9-11-18(12-10-16)39-24(42)15-46-19-6-4-5-17(13-19)25-26-20-14-21(29(26)47-31-30(25)48-34(45)40-31)28-27(20)32(43)41(33(28)44)23-8-3-2-7-22(23)35(36,37)38/h2-13,20-21,25-29H,14-15H2,1H3,(H,39,42)(H,40,45)/t20?,21?,25-,26?,27?,28?,29?/m1/s1. The Morgan fingerprint density at radius 3 is 2.46 bits per heavy atom. The first kappa shape index (κ1) is 30.9. The van der Waals surface area contributed by atoms with Crippen molar-refractivity contribution in [2.45, 2.75) is 35.7 Å². The molecule has 8 rings (SSSR count). The Kier molecular flexibility index (Phi) is 7.33. The molecular formula is C35H28F3N3O5S2. The number of halogens is 3. The molecule has 1 aromatic heterocycles. The minimum atomic E-state index is -4.74. The topological polar surface area (TPSA) is 109 Å². The molecule has 246 valence electrons. The zero-order chi connectivity index (χ0) is 33.5. The van der Waals surface area contributed by atoms with Gasteiger partial charge in [0.2, 0.25) is 11.8 Å². The van der Waals surface area contributed by atoms with E-state index in [4.69, 9.17) is 4.74 Å². The lowest BCUT2D eigenvalue weighted by Gasteiger charge is -2.43. The van der Waals surface area contributed by atoms with Gasteiger partial charge < -0.3 is 15.0 Å². The van der Waals surface area contributed by atoms with Gasteiger partial charge in [0.25, 0.3) is 5.91 Å². The van der Waals surface area contributed by atoms with Crippen LogP contribution in [0.15, 0.2) is 82.6 Å². The summed E-state index contributed by atoms with van der Waals surface area (Å²) in [7, 11) is 0. The van der Waals surface area contributed by atoms with E-state index in [-0.39, 0.29) is 46.3 Å². The number of carbonyl (C=O) groups is 3. The summed E-state index contributed by atoms with van der Waals surface area (Å²) in [6.45, 7) is 1.73. The molecule has 3 heterocycles. The number of carbonyl (C=O) groups excluding carboxylic acids is 3. The number of nitrogens with zero attached hydrogens (tertiary/aromatic N) is 1. The molecule has 4 aliphatic rings. The molecular weight excluding hydrogens is 664 g/mol.